The zero-order valence-corrected chi connectivity index (χ0v) is 10.9. The van der Waals surface area contributed by atoms with Gasteiger partial charge in [0.25, 0.3) is 5.91 Å². The van der Waals surface area contributed by atoms with Gasteiger partial charge in [-0.1, -0.05) is 6.92 Å². The fourth-order valence-corrected chi connectivity index (χ4v) is 1.52. The Hall–Kier alpha value is -2.05. The van der Waals surface area contributed by atoms with E-state index in [1.165, 1.54) is 4.68 Å². The highest BCUT2D eigenvalue weighted by atomic mass is 16.2. The third kappa shape index (κ3) is 3.22. The summed E-state index contributed by atoms with van der Waals surface area (Å²) in [5.41, 5.74) is 6.95. The van der Waals surface area contributed by atoms with Crippen LogP contribution in [0, 0.1) is 6.92 Å². The van der Waals surface area contributed by atoms with Crippen LogP contribution in [0.3, 0.4) is 0 Å². The summed E-state index contributed by atoms with van der Waals surface area (Å²) in [4.78, 5) is 23.2. The van der Waals surface area contributed by atoms with Gasteiger partial charge >= 0.3 is 0 Å². The Kier molecular flexibility index (Phi) is 4.70. The van der Waals surface area contributed by atoms with Gasteiger partial charge in [-0.15, -0.1) is 0 Å². The largest absolute Gasteiger partial charge is 0.395 e. The van der Waals surface area contributed by atoms with E-state index in [0.717, 1.165) is 6.42 Å². The maximum absolute atomic E-state index is 11.8. The number of hydrogen-bond acceptors (Lipinski definition) is 4. The number of carbonyl (C=O) groups excluding carboxylic acids is 2. The first kappa shape index (κ1) is 14.0. The molecule has 0 aliphatic heterocycles. The van der Waals surface area contributed by atoms with E-state index in [-0.39, 0.29) is 18.1 Å². The molecule has 0 aliphatic carbocycles. The third-order valence-electron chi connectivity index (χ3n) is 2.47. The average molecular weight is 253 g/mol. The summed E-state index contributed by atoms with van der Waals surface area (Å²) in [6, 6.07) is 0. The van der Waals surface area contributed by atoms with Crippen LogP contribution >= 0.6 is 0 Å². The Balaban J connectivity index is 2.58. The quantitative estimate of drug-likeness (QED) is 0.662. The van der Waals surface area contributed by atoms with E-state index in [1.54, 1.807) is 14.0 Å². The lowest BCUT2D eigenvalue weighted by Crippen LogP contribution is -2.38. The number of rotatable bonds is 5. The van der Waals surface area contributed by atoms with Crippen LogP contribution in [-0.2, 0) is 11.8 Å². The molecule has 0 unspecified atom stereocenters. The number of amides is 2. The van der Waals surface area contributed by atoms with E-state index in [0.29, 0.717) is 17.9 Å². The van der Waals surface area contributed by atoms with Crippen molar-refractivity contribution in [2.24, 2.45) is 7.05 Å². The number of hydrogen-bond donors (Lipinski definition) is 3. The van der Waals surface area contributed by atoms with Crippen molar-refractivity contribution in [3.05, 3.63) is 11.4 Å². The number of nitrogens with one attached hydrogen (secondary N) is 2. The van der Waals surface area contributed by atoms with Gasteiger partial charge < -0.3 is 16.4 Å². The van der Waals surface area contributed by atoms with Gasteiger partial charge in [0.1, 0.15) is 5.69 Å². The third-order valence-corrected chi connectivity index (χ3v) is 2.47. The van der Waals surface area contributed by atoms with Crippen LogP contribution < -0.4 is 16.4 Å². The van der Waals surface area contributed by atoms with Gasteiger partial charge in [-0.05, 0) is 13.3 Å². The molecular formula is C11H19N5O2. The van der Waals surface area contributed by atoms with Gasteiger partial charge in [0.2, 0.25) is 5.91 Å². The Morgan fingerprint density at radius 3 is 2.56 bits per heavy atom. The predicted octanol–water partition coefficient (Wildman–Crippen LogP) is -0.433. The van der Waals surface area contributed by atoms with Gasteiger partial charge in [0.15, 0.2) is 0 Å². The van der Waals surface area contributed by atoms with Crippen LogP contribution in [0.25, 0.3) is 0 Å². The van der Waals surface area contributed by atoms with Crippen LogP contribution in [0.2, 0.25) is 0 Å². The molecule has 0 bridgehead atoms. The van der Waals surface area contributed by atoms with Gasteiger partial charge in [0, 0.05) is 13.6 Å². The number of aromatic nitrogens is 2. The molecule has 0 saturated heterocycles. The molecule has 2 amide bonds. The molecule has 0 saturated carbocycles. The molecule has 0 fully saturated rings. The standard InChI is InChI=1S/C11H19N5O2/c1-4-5-13-8(17)6-14-11(18)10-9(12)7(2)15-16(10)3/h4-6,12H2,1-3H3,(H,13,17)(H,14,18). The van der Waals surface area contributed by atoms with Crippen LogP contribution in [0.5, 0.6) is 0 Å². The average Bonchev–Trinajstić information content (AvgIpc) is 2.58. The van der Waals surface area contributed by atoms with E-state index in [4.69, 9.17) is 5.73 Å². The van der Waals surface area contributed by atoms with E-state index in [1.807, 2.05) is 6.92 Å². The lowest BCUT2D eigenvalue weighted by molar-refractivity contribution is -0.120. The molecule has 0 aromatic carbocycles. The fraction of sp³-hybridized carbons (Fsp3) is 0.545. The van der Waals surface area contributed by atoms with Crippen molar-refractivity contribution in [2.45, 2.75) is 20.3 Å². The van der Waals surface area contributed by atoms with E-state index >= 15 is 0 Å². The van der Waals surface area contributed by atoms with Gasteiger partial charge in [-0.3, -0.25) is 14.3 Å². The summed E-state index contributed by atoms with van der Waals surface area (Å²) in [6.07, 6.45) is 0.855. The summed E-state index contributed by atoms with van der Waals surface area (Å²) in [5, 5.41) is 9.22. The lowest BCUT2D eigenvalue weighted by atomic mass is 10.3. The number of carbonyl (C=O) groups is 2. The molecule has 1 rings (SSSR count). The van der Waals surface area contributed by atoms with Crippen molar-refractivity contribution in [1.82, 2.24) is 20.4 Å². The van der Waals surface area contributed by atoms with Crippen LogP contribution in [0.4, 0.5) is 5.69 Å². The van der Waals surface area contributed by atoms with Crippen LogP contribution in [0.15, 0.2) is 0 Å². The Labute approximate surface area is 106 Å². The van der Waals surface area contributed by atoms with Gasteiger partial charge in [-0.25, -0.2) is 0 Å². The molecule has 100 valence electrons. The van der Waals surface area contributed by atoms with Gasteiger partial charge in [0.05, 0.1) is 17.9 Å². The fourth-order valence-electron chi connectivity index (χ4n) is 1.52. The monoisotopic (exact) mass is 253 g/mol. The zero-order chi connectivity index (χ0) is 13.7. The molecule has 18 heavy (non-hydrogen) atoms. The summed E-state index contributed by atoms with van der Waals surface area (Å²) < 4.78 is 1.41. The van der Waals surface area contributed by atoms with Gasteiger partial charge in [-0.2, -0.15) is 5.10 Å². The molecule has 0 radical (unpaired) electrons. The minimum Gasteiger partial charge on any atom is -0.395 e. The van der Waals surface area contributed by atoms with E-state index in [9.17, 15) is 9.59 Å². The maximum Gasteiger partial charge on any atom is 0.272 e. The highest BCUT2D eigenvalue weighted by Crippen LogP contribution is 2.14. The van der Waals surface area contributed by atoms with Crippen LogP contribution in [0.1, 0.15) is 29.5 Å². The molecule has 7 nitrogen and oxygen atoms in total. The number of anilines is 1. The second-order valence-electron chi connectivity index (χ2n) is 4.00. The Bertz CT molecular complexity index is 453. The summed E-state index contributed by atoms with van der Waals surface area (Å²) in [6.45, 7) is 4.21. The lowest BCUT2D eigenvalue weighted by Gasteiger charge is -2.06. The molecule has 4 N–H and O–H groups in total. The van der Waals surface area contributed by atoms with Crippen molar-refractivity contribution in [3.8, 4) is 0 Å². The number of aryl methyl sites for hydroxylation is 2. The molecule has 1 aromatic rings. The highest BCUT2D eigenvalue weighted by molar-refractivity contribution is 5.99. The summed E-state index contributed by atoms with van der Waals surface area (Å²) >= 11 is 0. The predicted molar refractivity (Wildman–Crippen MR) is 68.0 cm³/mol. The van der Waals surface area contributed by atoms with Crippen LogP contribution in [-0.4, -0.2) is 34.7 Å². The summed E-state index contributed by atoms with van der Waals surface area (Å²) in [7, 11) is 1.63. The summed E-state index contributed by atoms with van der Waals surface area (Å²) in [5.74, 6) is -0.620. The maximum atomic E-state index is 11.8. The first-order valence-electron chi connectivity index (χ1n) is 5.81. The molecule has 0 atom stereocenters. The van der Waals surface area contributed by atoms with E-state index < -0.39 is 5.91 Å². The Morgan fingerprint density at radius 2 is 2.06 bits per heavy atom. The second kappa shape index (κ2) is 6.04. The van der Waals surface area contributed by atoms with Crippen molar-refractivity contribution in [3.63, 3.8) is 0 Å². The van der Waals surface area contributed by atoms with Crippen molar-refractivity contribution < 1.29 is 9.59 Å². The second-order valence-corrected chi connectivity index (χ2v) is 4.00. The number of nitrogens with two attached hydrogens (primary N) is 1. The highest BCUT2D eigenvalue weighted by Gasteiger charge is 2.18. The molecule has 0 aliphatic rings. The molecule has 0 spiro atoms. The normalized spacial score (nSPS) is 10.2. The molecule has 7 heteroatoms. The minimum absolute atomic E-state index is 0.0670. The number of nitrogen functional groups attached to an aromatic ring is 1. The molecular weight excluding hydrogens is 234 g/mol. The zero-order valence-electron chi connectivity index (χ0n) is 10.9. The van der Waals surface area contributed by atoms with Crippen molar-refractivity contribution in [2.75, 3.05) is 18.8 Å². The smallest absolute Gasteiger partial charge is 0.272 e. The Morgan fingerprint density at radius 1 is 1.39 bits per heavy atom. The van der Waals surface area contributed by atoms with Crippen molar-refractivity contribution in [1.29, 1.82) is 0 Å². The topological polar surface area (TPSA) is 102 Å². The van der Waals surface area contributed by atoms with E-state index in [2.05, 4.69) is 15.7 Å². The first-order valence-corrected chi connectivity index (χ1v) is 5.81. The molecule has 1 heterocycles. The van der Waals surface area contributed by atoms with Crippen molar-refractivity contribution >= 4 is 17.5 Å². The SMILES string of the molecule is CCCNC(=O)CNC(=O)c1c(N)c(C)nn1C. The number of nitrogens with zero attached hydrogens (tertiary/aromatic N) is 2. The first-order chi connectivity index (χ1) is 8.47. The minimum atomic E-state index is -0.401. The molecule has 1 aromatic heterocycles.